The molecular formula is C11H10FN3OS. The van der Waals surface area contributed by atoms with Crippen molar-refractivity contribution in [2.75, 3.05) is 7.11 Å². The highest BCUT2D eigenvalue weighted by molar-refractivity contribution is 7.80. The summed E-state index contributed by atoms with van der Waals surface area (Å²) in [6.07, 6.45) is 3.21. The van der Waals surface area contributed by atoms with Crippen LogP contribution >= 0.6 is 12.2 Å². The van der Waals surface area contributed by atoms with E-state index in [-0.39, 0.29) is 4.99 Å². The Morgan fingerprint density at radius 3 is 2.88 bits per heavy atom. The predicted octanol–water partition coefficient (Wildman–Crippen LogP) is 1.65. The molecule has 17 heavy (non-hydrogen) atoms. The molecule has 2 aromatic rings. The van der Waals surface area contributed by atoms with Crippen LogP contribution in [-0.4, -0.2) is 21.9 Å². The number of rotatable bonds is 3. The van der Waals surface area contributed by atoms with Gasteiger partial charge in [0.1, 0.15) is 10.8 Å². The van der Waals surface area contributed by atoms with Crippen LogP contribution in [0.2, 0.25) is 0 Å². The van der Waals surface area contributed by atoms with Gasteiger partial charge in [-0.3, -0.25) is 0 Å². The zero-order valence-corrected chi connectivity index (χ0v) is 9.87. The van der Waals surface area contributed by atoms with Crippen LogP contribution < -0.4 is 10.5 Å². The molecule has 1 heterocycles. The Bertz CT molecular complexity index is 568. The molecule has 0 amide bonds. The largest absolute Gasteiger partial charge is 0.493 e. The molecule has 0 unspecified atom stereocenters. The standard InChI is InChI=1S/C11H10FN3OS/c1-16-8-5-14-15(6-8)10-3-2-7(12)4-9(10)11(13)17/h2-6H,1H3,(H2,13,17). The Morgan fingerprint density at radius 1 is 1.53 bits per heavy atom. The van der Waals surface area contributed by atoms with E-state index < -0.39 is 5.82 Å². The average Bonchev–Trinajstić information content (AvgIpc) is 2.77. The van der Waals surface area contributed by atoms with Crippen molar-refractivity contribution in [2.45, 2.75) is 0 Å². The first kappa shape index (κ1) is 11.5. The summed E-state index contributed by atoms with van der Waals surface area (Å²) in [7, 11) is 1.54. The van der Waals surface area contributed by atoms with E-state index in [4.69, 9.17) is 22.7 Å². The SMILES string of the molecule is COc1cnn(-c2ccc(F)cc2C(N)=S)c1. The third kappa shape index (κ3) is 2.26. The lowest BCUT2D eigenvalue weighted by Crippen LogP contribution is -2.14. The van der Waals surface area contributed by atoms with Crippen LogP contribution in [0.3, 0.4) is 0 Å². The van der Waals surface area contributed by atoms with E-state index in [1.807, 2.05) is 0 Å². The van der Waals surface area contributed by atoms with Crippen LogP contribution in [0.15, 0.2) is 30.6 Å². The highest BCUT2D eigenvalue weighted by Gasteiger charge is 2.10. The van der Waals surface area contributed by atoms with Crippen LogP contribution in [0.25, 0.3) is 5.69 Å². The first-order valence-electron chi connectivity index (χ1n) is 4.80. The van der Waals surface area contributed by atoms with Gasteiger partial charge in [0.2, 0.25) is 0 Å². The first-order chi connectivity index (χ1) is 8.11. The summed E-state index contributed by atoms with van der Waals surface area (Å²) in [5, 5.41) is 4.08. The number of thiocarbonyl (C=S) groups is 1. The van der Waals surface area contributed by atoms with Crippen molar-refractivity contribution in [3.05, 3.63) is 42.0 Å². The molecule has 0 saturated heterocycles. The number of aromatic nitrogens is 2. The molecule has 1 aromatic heterocycles. The summed E-state index contributed by atoms with van der Waals surface area (Å²) >= 11 is 4.88. The third-order valence-electron chi connectivity index (χ3n) is 2.27. The number of benzene rings is 1. The van der Waals surface area contributed by atoms with E-state index in [9.17, 15) is 4.39 Å². The molecule has 0 spiro atoms. The van der Waals surface area contributed by atoms with Crippen molar-refractivity contribution in [1.82, 2.24) is 9.78 Å². The van der Waals surface area contributed by atoms with Crippen molar-refractivity contribution in [2.24, 2.45) is 5.73 Å². The fourth-order valence-electron chi connectivity index (χ4n) is 1.45. The average molecular weight is 251 g/mol. The Kier molecular flexibility index (Phi) is 3.06. The van der Waals surface area contributed by atoms with Gasteiger partial charge in [-0.05, 0) is 18.2 Å². The summed E-state index contributed by atoms with van der Waals surface area (Å²) in [6, 6.07) is 4.17. The van der Waals surface area contributed by atoms with Gasteiger partial charge in [0.15, 0.2) is 5.75 Å². The van der Waals surface area contributed by atoms with E-state index in [0.29, 0.717) is 17.0 Å². The van der Waals surface area contributed by atoms with E-state index in [1.165, 1.54) is 16.8 Å². The molecule has 6 heteroatoms. The fourth-order valence-corrected chi connectivity index (χ4v) is 1.61. The molecule has 0 atom stereocenters. The smallest absolute Gasteiger partial charge is 0.157 e. The van der Waals surface area contributed by atoms with Crippen LogP contribution in [-0.2, 0) is 0 Å². The zero-order chi connectivity index (χ0) is 12.4. The Hall–Kier alpha value is -1.95. The molecule has 1 aromatic carbocycles. The van der Waals surface area contributed by atoms with E-state index >= 15 is 0 Å². The maximum Gasteiger partial charge on any atom is 0.157 e. The number of ether oxygens (including phenoxy) is 1. The predicted molar refractivity (Wildman–Crippen MR) is 66.0 cm³/mol. The number of nitrogens with two attached hydrogens (primary N) is 1. The summed E-state index contributed by atoms with van der Waals surface area (Å²) in [6.45, 7) is 0. The second-order valence-corrected chi connectivity index (χ2v) is 3.79. The molecule has 0 saturated carbocycles. The molecule has 0 aliphatic heterocycles. The molecule has 0 fully saturated rings. The summed E-state index contributed by atoms with van der Waals surface area (Å²) in [5.41, 5.74) is 6.60. The van der Waals surface area contributed by atoms with E-state index in [2.05, 4.69) is 5.10 Å². The second-order valence-electron chi connectivity index (χ2n) is 3.35. The van der Waals surface area contributed by atoms with Gasteiger partial charge in [-0.1, -0.05) is 12.2 Å². The van der Waals surface area contributed by atoms with Gasteiger partial charge in [0.25, 0.3) is 0 Å². The lowest BCUT2D eigenvalue weighted by molar-refractivity contribution is 0.414. The number of halogens is 1. The van der Waals surface area contributed by atoms with Gasteiger partial charge in [-0.2, -0.15) is 5.10 Å². The third-order valence-corrected chi connectivity index (χ3v) is 2.49. The minimum atomic E-state index is -0.393. The van der Waals surface area contributed by atoms with Crippen molar-refractivity contribution in [3.63, 3.8) is 0 Å². The van der Waals surface area contributed by atoms with Crippen LogP contribution in [0.1, 0.15) is 5.56 Å². The highest BCUT2D eigenvalue weighted by atomic mass is 32.1. The Balaban J connectivity index is 2.54. The van der Waals surface area contributed by atoms with Crippen LogP contribution in [0.4, 0.5) is 4.39 Å². The van der Waals surface area contributed by atoms with E-state index in [1.54, 1.807) is 25.6 Å². The number of hydrogen-bond acceptors (Lipinski definition) is 3. The molecule has 0 aliphatic carbocycles. The molecule has 0 bridgehead atoms. The highest BCUT2D eigenvalue weighted by Crippen LogP contribution is 2.18. The van der Waals surface area contributed by atoms with Gasteiger partial charge in [-0.25, -0.2) is 9.07 Å². The van der Waals surface area contributed by atoms with Gasteiger partial charge in [0, 0.05) is 5.56 Å². The normalized spacial score (nSPS) is 10.2. The van der Waals surface area contributed by atoms with Gasteiger partial charge >= 0.3 is 0 Å². The zero-order valence-electron chi connectivity index (χ0n) is 9.05. The molecule has 4 nitrogen and oxygen atoms in total. The van der Waals surface area contributed by atoms with Crippen molar-refractivity contribution >= 4 is 17.2 Å². The molecule has 2 N–H and O–H groups in total. The van der Waals surface area contributed by atoms with E-state index in [0.717, 1.165) is 0 Å². The minimum absolute atomic E-state index is 0.119. The molecule has 0 radical (unpaired) electrons. The molecular weight excluding hydrogens is 241 g/mol. The Labute approximate surface area is 103 Å². The monoisotopic (exact) mass is 251 g/mol. The van der Waals surface area contributed by atoms with Gasteiger partial charge < -0.3 is 10.5 Å². The topological polar surface area (TPSA) is 53.1 Å². The second kappa shape index (κ2) is 4.50. The van der Waals surface area contributed by atoms with Crippen LogP contribution in [0, 0.1) is 5.82 Å². The van der Waals surface area contributed by atoms with Crippen molar-refractivity contribution in [1.29, 1.82) is 0 Å². The Morgan fingerprint density at radius 2 is 2.29 bits per heavy atom. The molecule has 88 valence electrons. The number of nitrogens with zero attached hydrogens (tertiary/aromatic N) is 2. The molecule has 2 rings (SSSR count). The summed E-state index contributed by atoms with van der Waals surface area (Å²) < 4.78 is 19.7. The molecule has 0 aliphatic rings. The lowest BCUT2D eigenvalue weighted by Gasteiger charge is -2.07. The van der Waals surface area contributed by atoms with Gasteiger partial charge in [0.05, 0.1) is 25.2 Å². The van der Waals surface area contributed by atoms with Crippen LogP contribution in [0.5, 0.6) is 5.75 Å². The maximum absolute atomic E-state index is 13.1. The first-order valence-corrected chi connectivity index (χ1v) is 5.21. The van der Waals surface area contributed by atoms with Gasteiger partial charge in [-0.15, -0.1) is 0 Å². The number of hydrogen-bond donors (Lipinski definition) is 1. The number of methoxy groups -OCH3 is 1. The summed E-state index contributed by atoms with van der Waals surface area (Å²) in [5.74, 6) is 0.207. The summed E-state index contributed by atoms with van der Waals surface area (Å²) in [4.78, 5) is 0.119. The quantitative estimate of drug-likeness (QED) is 0.843. The fraction of sp³-hybridized carbons (Fsp3) is 0.0909. The van der Waals surface area contributed by atoms with Crippen molar-refractivity contribution < 1.29 is 9.13 Å². The maximum atomic E-state index is 13.1. The van der Waals surface area contributed by atoms with Crippen molar-refractivity contribution in [3.8, 4) is 11.4 Å². The minimum Gasteiger partial charge on any atom is -0.493 e. The lowest BCUT2D eigenvalue weighted by atomic mass is 10.1.